The molecule has 0 spiro atoms. The van der Waals surface area contributed by atoms with E-state index in [4.69, 9.17) is 10.5 Å². The lowest BCUT2D eigenvalue weighted by atomic mass is 9.96. The molecule has 10 heteroatoms. The van der Waals surface area contributed by atoms with E-state index in [1.165, 1.54) is 24.5 Å². The molecule has 9 nitrogen and oxygen atoms in total. The van der Waals surface area contributed by atoms with Gasteiger partial charge < -0.3 is 26.2 Å². The van der Waals surface area contributed by atoms with Crippen LogP contribution in [-0.2, 0) is 0 Å². The monoisotopic (exact) mass is 513 g/mol. The van der Waals surface area contributed by atoms with Gasteiger partial charge in [0.05, 0.1) is 23.2 Å². The van der Waals surface area contributed by atoms with Gasteiger partial charge in [0.2, 0.25) is 0 Å². The van der Waals surface area contributed by atoms with Gasteiger partial charge in [0.1, 0.15) is 23.1 Å². The zero-order valence-electron chi connectivity index (χ0n) is 19.8. The highest BCUT2D eigenvalue weighted by Crippen LogP contribution is 2.37. The number of phenols is 1. The van der Waals surface area contributed by atoms with Crippen LogP contribution in [0.2, 0.25) is 0 Å². The average Bonchev–Trinajstić information content (AvgIpc) is 3.46. The summed E-state index contributed by atoms with van der Waals surface area (Å²) in [6.45, 7) is 0.551. The summed E-state index contributed by atoms with van der Waals surface area (Å²) in [5.41, 5.74) is 7.54. The number of nitrogens with two attached hydrogens (primary N) is 1. The summed E-state index contributed by atoms with van der Waals surface area (Å²) in [6, 6.07) is 18.7. The van der Waals surface area contributed by atoms with Crippen molar-refractivity contribution in [2.75, 3.05) is 25.5 Å². The van der Waals surface area contributed by atoms with Gasteiger partial charge in [0, 0.05) is 24.2 Å². The molecule has 0 radical (unpaired) electrons. The van der Waals surface area contributed by atoms with Crippen LogP contribution in [0.5, 0.6) is 11.5 Å². The molecule has 0 unspecified atom stereocenters. The van der Waals surface area contributed by atoms with Crippen LogP contribution >= 0.6 is 11.3 Å². The van der Waals surface area contributed by atoms with Crippen molar-refractivity contribution in [2.45, 2.75) is 0 Å². The lowest BCUT2D eigenvalue weighted by Gasteiger charge is -2.15. The fourth-order valence-corrected chi connectivity index (χ4v) is 4.33. The molecule has 2 aromatic heterocycles. The topological polar surface area (TPSA) is 150 Å². The second-order valence-electron chi connectivity index (χ2n) is 7.80. The van der Waals surface area contributed by atoms with Gasteiger partial charge >= 0.3 is 0 Å². The summed E-state index contributed by atoms with van der Waals surface area (Å²) >= 11 is 1.25. The van der Waals surface area contributed by atoms with E-state index < -0.39 is 5.91 Å². The molecule has 0 atom stereocenters. The molecule has 0 bridgehead atoms. The smallest absolute Gasteiger partial charge is 0.266 e. The largest absolute Gasteiger partial charge is 0.507 e. The van der Waals surface area contributed by atoms with Gasteiger partial charge in [-0.25, -0.2) is 4.98 Å². The zero-order chi connectivity index (χ0) is 26.4. The summed E-state index contributed by atoms with van der Waals surface area (Å²) in [5, 5.41) is 27.8. The predicted octanol–water partition coefficient (Wildman–Crippen LogP) is 4.00. The minimum atomic E-state index is -0.420. The predicted molar refractivity (Wildman–Crippen MR) is 142 cm³/mol. The Morgan fingerprint density at radius 3 is 2.59 bits per heavy atom. The third-order valence-corrected chi connectivity index (χ3v) is 6.34. The Labute approximate surface area is 217 Å². The number of carbonyl (C=O) groups excluding carboxylic acids is 2. The summed E-state index contributed by atoms with van der Waals surface area (Å²) in [6.07, 6.45) is 0. The fourth-order valence-electron chi connectivity index (χ4n) is 3.72. The summed E-state index contributed by atoms with van der Waals surface area (Å²) < 4.78 is 5.36. The molecule has 2 heterocycles. The van der Waals surface area contributed by atoms with E-state index in [2.05, 4.69) is 21.7 Å². The van der Waals surface area contributed by atoms with Gasteiger partial charge in [0.15, 0.2) is 5.82 Å². The lowest BCUT2D eigenvalue weighted by Crippen LogP contribution is -2.29. The van der Waals surface area contributed by atoms with Gasteiger partial charge in [0.25, 0.3) is 11.8 Å². The van der Waals surface area contributed by atoms with E-state index in [1.807, 2.05) is 0 Å². The number of hydrogen-bond acceptors (Lipinski definition) is 8. The van der Waals surface area contributed by atoms with Gasteiger partial charge in [-0.1, -0.05) is 24.3 Å². The first-order valence-electron chi connectivity index (χ1n) is 11.2. The first-order valence-corrected chi connectivity index (χ1v) is 12.1. The second-order valence-corrected chi connectivity index (χ2v) is 8.75. The Morgan fingerprint density at radius 1 is 1.11 bits per heavy atom. The number of nitriles is 1. The average molecular weight is 514 g/mol. The number of pyridine rings is 1. The van der Waals surface area contributed by atoms with E-state index in [9.17, 15) is 20.0 Å². The molecule has 2 aromatic carbocycles. The number of anilines is 1. The van der Waals surface area contributed by atoms with Crippen LogP contribution in [0.1, 0.15) is 25.6 Å². The van der Waals surface area contributed by atoms with E-state index in [0.29, 0.717) is 33.0 Å². The number of aromatic hydroxyl groups is 1. The van der Waals surface area contributed by atoms with Crippen molar-refractivity contribution < 1.29 is 19.4 Å². The van der Waals surface area contributed by atoms with Crippen LogP contribution in [-0.4, -0.2) is 42.1 Å². The van der Waals surface area contributed by atoms with Gasteiger partial charge in [-0.2, -0.15) is 5.26 Å². The second kappa shape index (κ2) is 11.3. The number of ether oxygens (including phenoxy) is 1. The number of benzene rings is 2. The van der Waals surface area contributed by atoms with Crippen LogP contribution < -0.4 is 21.1 Å². The number of aromatic nitrogens is 1. The minimum Gasteiger partial charge on any atom is -0.507 e. The maximum Gasteiger partial charge on any atom is 0.266 e. The molecule has 5 N–H and O–H groups in total. The molecule has 0 aliphatic heterocycles. The molecule has 0 saturated carbocycles. The van der Waals surface area contributed by atoms with Crippen LogP contribution in [0.15, 0.2) is 66.0 Å². The third kappa shape index (κ3) is 5.43. The number of nitrogens with one attached hydrogen (secondary N) is 2. The normalized spacial score (nSPS) is 10.4. The highest BCUT2D eigenvalue weighted by atomic mass is 32.1. The number of hydrogen-bond donors (Lipinski definition) is 4. The SMILES string of the molecule is COc1ccc(-c2cc(-c3ccccc3O)nc(NC(=O)c3cccs3)c2C#N)cc1C(=O)NCCN. The van der Waals surface area contributed by atoms with Gasteiger partial charge in [-0.15, -0.1) is 11.3 Å². The third-order valence-electron chi connectivity index (χ3n) is 5.47. The minimum absolute atomic E-state index is 0.0160. The molecule has 0 aliphatic rings. The van der Waals surface area contributed by atoms with Crippen LogP contribution in [0.4, 0.5) is 5.82 Å². The van der Waals surface area contributed by atoms with Crippen LogP contribution in [0.25, 0.3) is 22.4 Å². The quantitative estimate of drug-likeness (QED) is 0.278. The maximum absolute atomic E-state index is 12.9. The maximum atomic E-state index is 12.9. The van der Waals surface area contributed by atoms with Crippen molar-refractivity contribution >= 4 is 29.0 Å². The molecular weight excluding hydrogens is 490 g/mol. The van der Waals surface area contributed by atoms with Crippen molar-refractivity contribution in [3.8, 4) is 40.0 Å². The van der Waals surface area contributed by atoms with Gasteiger partial charge in [-0.3, -0.25) is 9.59 Å². The summed E-state index contributed by atoms with van der Waals surface area (Å²) in [4.78, 5) is 30.6. The van der Waals surface area contributed by atoms with Crippen molar-refractivity contribution in [3.63, 3.8) is 0 Å². The van der Waals surface area contributed by atoms with E-state index in [0.717, 1.165) is 0 Å². The Kier molecular flexibility index (Phi) is 7.78. The number of carbonyl (C=O) groups is 2. The molecule has 186 valence electrons. The molecule has 0 fully saturated rings. The number of methoxy groups -OCH3 is 1. The van der Waals surface area contributed by atoms with Gasteiger partial charge in [-0.05, 0) is 47.3 Å². The number of thiophene rings is 1. The first-order chi connectivity index (χ1) is 18.0. The molecule has 37 heavy (non-hydrogen) atoms. The fraction of sp³-hybridized carbons (Fsp3) is 0.111. The van der Waals surface area contributed by atoms with Crippen molar-refractivity contribution in [3.05, 3.63) is 82.0 Å². The molecule has 4 aromatic rings. The van der Waals surface area contributed by atoms with Crippen molar-refractivity contribution in [2.24, 2.45) is 5.73 Å². The van der Waals surface area contributed by atoms with Crippen molar-refractivity contribution in [1.29, 1.82) is 5.26 Å². The number of nitrogens with zero attached hydrogens (tertiary/aromatic N) is 2. The van der Waals surface area contributed by atoms with E-state index in [-0.39, 0.29) is 41.7 Å². The van der Waals surface area contributed by atoms with Crippen LogP contribution in [0.3, 0.4) is 0 Å². The van der Waals surface area contributed by atoms with Crippen molar-refractivity contribution in [1.82, 2.24) is 10.3 Å². The lowest BCUT2D eigenvalue weighted by molar-refractivity contribution is 0.0951. The standard InChI is InChI=1S/C27H23N5O4S/c1-36-23-9-8-16(13-19(23)26(34)30-11-10-28)18-14-21(17-5-2-3-6-22(17)33)31-25(20(18)15-29)32-27(35)24-7-4-12-37-24/h2-9,12-14,33H,10-11,28H2,1H3,(H,30,34)(H,31,32,35). The van der Waals surface area contributed by atoms with E-state index in [1.54, 1.807) is 60.0 Å². The highest BCUT2D eigenvalue weighted by molar-refractivity contribution is 7.12. The molecule has 2 amide bonds. The number of amides is 2. The summed E-state index contributed by atoms with van der Waals surface area (Å²) in [5.74, 6) is -0.447. The van der Waals surface area contributed by atoms with Crippen LogP contribution in [0, 0.1) is 11.3 Å². The molecule has 0 saturated heterocycles. The molecule has 0 aliphatic carbocycles. The van der Waals surface area contributed by atoms with E-state index >= 15 is 0 Å². The number of phenolic OH excluding ortho intramolecular Hbond substituents is 1. The molecule has 4 rings (SSSR count). The highest BCUT2D eigenvalue weighted by Gasteiger charge is 2.21. The number of para-hydroxylation sites is 1. The number of rotatable bonds is 8. The first kappa shape index (κ1) is 25.4. The Hall–Kier alpha value is -4.72. The Balaban J connectivity index is 1.91. The summed E-state index contributed by atoms with van der Waals surface area (Å²) in [7, 11) is 1.45. The molecular formula is C27H23N5O4S. The Morgan fingerprint density at radius 2 is 1.92 bits per heavy atom. The zero-order valence-corrected chi connectivity index (χ0v) is 20.6. The Bertz CT molecular complexity index is 1500.